The molecule has 2 saturated heterocycles. The van der Waals surface area contributed by atoms with Crippen molar-refractivity contribution in [3.63, 3.8) is 0 Å². The number of carbonyl (C=O) groups is 6. The van der Waals surface area contributed by atoms with E-state index in [1.54, 1.807) is 7.05 Å². The average molecular weight is 547 g/mol. The minimum Gasteiger partial charge on any atom is -0.353 e. The Morgan fingerprint density at radius 1 is 1.16 bits per heavy atom. The third-order valence-electron chi connectivity index (χ3n) is 7.01. The molecule has 1 aromatic carbocycles. The van der Waals surface area contributed by atoms with E-state index in [0.29, 0.717) is 6.42 Å². The second kappa shape index (κ2) is 11.0. The molecule has 0 radical (unpaired) electrons. The summed E-state index contributed by atoms with van der Waals surface area (Å²) in [7, 11) is 3.09. The first kappa shape index (κ1) is 27.4. The summed E-state index contributed by atoms with van der Waals surface area (Å²) >= 11 is 6.14. The Morgan fingerprint density at radius 2 is 1.87 bits per heavy atom. The maximum atomic E-state index is 13.4. The number of benzene rings is 1. The Labute approximate surface area is 224 Å². The number of nitrogens with one attached hydrogen (secondary N) is 4. The van der Waals surface area contributed by atoms with Gasteiger partial charge in [-0.3, -0.25) is 24.0 Å². The number of nitrogens with zero attached hydrogens (tertiary/aromatic N) is 2. The van der Waals surface area contributed by atoms with Crippen molar-refractivity contribution in [2.75, 3.05) is 26.0 Å². The minimum atomic E-state index is -1.27. The van der Waals surface area contributed by atoms with Gasteiger partial charge >= 0.3 is 6.03 Å². The number of hydrogen-bond acceptors (Lipinski definition) is 6. The lowest BCUT2D eigenvalue weighted by atomic mass is 9.93. The monoisotopic (exact) mass is 546 g/mol. The summed E-state index contributed by atoms with van der Waals surface area (Å²) in [4.78, 5) is 79.1. The van der Waals surface area contributed by atoms with E-state index in [0.717, 1.165) is 12.8 Å². The van der Waals surface area contributed by atoms with Crippen molar-refractivity contribution >= 4 is 52.7 Å². The zero-order chi connectivity index (χ0) is 27.7. The highest BCUT2D eigenvalue weighted by atomic mass is 35.5. The Bertz CT molecular complexity index is 1190. The topological polar surface area (TPSA) is 157 Å². The van der Waals surface area contributed by atoms with E-state index in [9.17, 15) is 28.8 Å². The van der Waals surface area contributed by atoms with Gasteiger partial charge in [-0.25, -0.2) is 4.79 Å². The first-order valence-corrected chi connectivity index (χ1v) is 12.9. The van der Waals surface area contributed by atoms with Gasteiger partial charge in [0.15, 0.2) is 0 Å². The van der Waals surface area contributed by atoms with Crippen LogP contribution in [0.5, 0.6) is 0 Å². The summed E-state index contributed by atoms with van der Waals surface area (Å²) in [5.41, 5.74) is 0.0870. The molecule has 1 saturated carbocycles. The molecule has 4 N–H and O–H groups in total. The molecule has 0 aromatic heterocycles. The van der Waals surface area contributed by atoms with Crippen LogP contribution in [0.3, 0.4) is 0 Å². The van der Waals surface area contributed by atoms with Crippen LogP contribution in [0.2, 0.25) is 5.02 Å². The van der Waals surface area contributed by atoms with E-state index >= 15 is 0 Å². The Morgan fingerprint density at radius 3 is 2.45 bits per heavy atom. The molecule has 1 unspecified atom stereocenters. The van der Waals surface area contributed by atoms with Crippen molar-refractivity contribution in [1.29, 1.82) is 0 Å². The first-order valence-electron chi connectivity index (χ1n) is 12.5. The molecular formula is C25H31ClN6O6. The summed E-state index contributed by atoms with van der Waals surface area (Å²) < 4.78 is 0. The van der Waals surface area contributed by atoms with E-state index in [1.807, 2.05) is 6.92 Å². The summed E-state index contributed by atoms with van der Waals surface area (Å²) in [6, 6.07) is 1.76. The van der Waals surface area contributed by atoms with Crippen molar-refractivity contribution in [3.8, 4) is 0 Å². The summed E-state index contributed by atoms with van der Waals surface area (Å²) in [5.74, 6) is -3.72. The molecule has 12 nitrogen and oxygen atoms in total. The minimum absolute atomic E-state index is 0.0316. The van der Waals surface area contributed by atoms with Crippen LogP contribution in [0.4, 0.5) is 10.5 Å². The van der Waals surface area contributed by atoms with E-state index in [-0.39, 0.29) is 53.3 Å². The van der Waals surface area contributed by atoms with Crippen LogP contribution < -0.4 is 21.3 Å². The second-order valence-corrected chi connectivity index (χ2v) is 10.6. The number of halogens is 1. The lowest BCUT2D eigenvalue weighted by molar-refractivity contribution is -0.139. The predicted octanol–water partition coefficient (Wildman–Crippen LogP) is 0.505. The predicted molar refractivity (Wildman–Crippen MR) is 137 cm³/mol. The third-order valence-corrected chi connectivity index (χ3v) is 7.24. The van der Waals surface area contributed by atoms with Crippen LogP contribution in [0.15, 0.2) is 18.2 Å². The third kappa shape index (κ3) is 6.07. The molecule has 0 spiro atoms. The van der Waals surface area contributed by atoms with E-state index in [1.165, 1.54) is 35.0 Å². The number of anilines is 1. The van der Waals surface area contributed by atoms with Gasteiger partial charge in [-0.2, -0.15) is 0 Å². The summed E-state index contributed by atoms with van der Waals surface area (Å²) in [5, 5.41) is 10.9. The van der Waals surface area contributed by atoms with Crippen molar-refractivity contribution in [2.45, 2.75) is 56.8 Å². The van der Waals surface area contributed by atoms with Gasteiger partial charge in [0.25, 0.3) is 11.8 Å². The number of Topliss-reactive ketones (excluding diaryl/α,β-unsaturated/α-hetero) is 1. The number of ketones is 1. The number of amides is 6. The Balaban J connectivity index is 1.53. The van der Waals surface area contributed by atoms with Crippen LogP contribution in [-0.4, -0.2) is 90.1 Å². The summed E-state index contributed by atoms with van der Waals surface area (Å²) in [6.45, 7) is 2.01. The zero-order valence-corrected chi connectivity index (χ0v) is 22.1. The molecule has 38 heavy (non-hydrogen) atoms. The molecule has 6 amide bonds. The fourth-order valence-corrected chi connectivity index (χ4v) is 4.87. The molecule has 4 rings (SSSR count). The van der Waals surface area contributed by atoms with E-state index in [2.05, 4.69) is 21.3 Å². The van der Waals surface area contributed by atoms with Gasteiger partial charge in [0.1, 0.15) is 6.04 Å². The Hall–Kier alpha value is -3.67. The molecule has 13 heteroatoms. The maximum absolute atomic E-state index is 13.4. The quantitative estimate of drug-likeness (QED) is 0.330. The highest BCUT2D eigenvalue weighted by Crippen LogP contribution is 2.25. The molecular weight excluding hydrogens is 516 g/mol. The average Bonchev–Trinajstić information content (AvgIpc) is 3.57. The van der Waals surface area contributed by atoms with Crippen LogP contribution >= 0.6 is 11.6 Å². The van der Waals surface area contributed by atoms with Crippen molar-refractivity contribution in [1.82, 2.24) is 25.8 Å². The fourth-order valence-electron chi connectivity index (χ4n) is 4.70. The molecule has 1 aromatic rings. The number of carbonyl (C=O) groups excluding carboxylic acids is 6. The highest BCUT2D eigenvalue weighted by Gasteiger charge is 2.39. The van der Waals surface area contributed by atoms with Gasteiger partial charge in [-0.1, -0.05) is 11.6 Å². The molecule has 0 bridgehead atoms. The second-order valence-electron chi connectivity index (χ2n) is 10.2. The maximum Gasteiger partial charge on any atom is 0.320 e. The van der Waals surface area contributed by atoms with E-state index in [4.69, 9.17) is 11.6 Å². The van der Waals surface area contributed by atoms with Gasteiger partial charge in [0, 0.05) is 37.1 Å². The van der Waals surface area contributed by atoms with Crippen LogP contribution in [0.1, 0.15) is 43.0 Å². The smallest absolute Gasteiger partial charge is 0.320 e. The van der Waals surface area contributed by atoms with E-state index < -0.39 is 41.5 Å². The van der Waals surface area contributed by atoms with Crippen LogP contribution in [-0.2, 0) is 19.2 Å². The van der Waals surface area contributed by atoms with Gasteiger partial charge in [0.05, 0.1) is 23.8 Å². The number of urea groups is 1. The van der Waals surface area contributed by atoms with Crippen molar-refractivity contribution in [3.05, 3.63) is 28.8 Å². The zero-order valence-electron chi connectivity index (χ0n) is 21.4. The lowest BCUT2D eigenvalue weighted by Gasteiger charge is -2.21. The molecule has 204 valence electrons. The molecule has 4 atom stereocenters. The van der Waals surface area contributed by atoms with Gasteiger partial charge in [-0.15, -0.1) is 0 Å². The van der Waals surface area contributed by atoms with Crippen LogP contribution in [0.25, 0.3) is 0 Å². The number of likely N-dealkylation sites (N-methyl/N-ethyl adjacent to an activating group) is 2. The van der Waals surface area contributed by atoms with Crippen LogP contribution in [0, 0.1) is 5.92 Å². The SMILES string of the molecule is C[C@@H]1C[C@@H](CC(NC(=O)c2cc(Cl)ccc2NC(=O)[C@@H]2CN(C)C(=O)N2C)C(=O)C(=O)NC2CC2)C(=O)N1. The van der Waals surface area contributed by atoms with Gasteiger partial charge in [-0.05, 0) is 50.8 Å². The molecule has 2 aliphatic heterocycles. The standard InChI is InChI=1S/C25H31ClN6O6/c1-12-8-13(21(34)27-12)9-18(20(33)24(37)28-15-5-6-15)30-22(35)16-10-14(26)4-7-17(16)29-23(36)19-11-31(2)25(38)32(19)3/h4,7,10,12-13,15,18-19H,5-6,8-9,11H2,1-3H3,(H,27,34)(H,28,37)(H,29,36)(H,30,35)/t12-,13+,18?,19+/m1/s1. The number of hydrogen-bond donors (Lipinski definition) is 4. The normalized spacial score (nSPS) is 23.6. The largest absolute Gasteiger partial charge is 0.353 e. The van der Waals surface area contributed by atoms with Gasteiger partial charge < -0.3 is 31.1 Å². The number of rotatable bonds is 9. The summed E-state index contributed by atoms with van der Waals surface area (Å²) in [6.07, 6.45) is 1.97. The molecule has 3 fully saturated rings. The fraction of sp³-hybridized carbons (Fsp3) is 0.520. The molecule has 3 aliphatic rings. The first-order chi connectivity index (χ1) is 17.9. The van der Waals surface area contributed by atoms with Gasteiger partial charge in [0.2, 0.25) is 17.6 Å². The van der Waals surface area contributed by atoms with Crippen molar-refractivity contribution in [2.24, 2.45) is 5.92 Å². The lowest BCUT2D eigenvalue weighted by Crippen LogP contribution is -2.49. The van der Waals surface area contributed by atoms with Crippen molar-refractivity contribution < 1.29 is 28.8 Å². The highest BCUT2D eigenvalue weighted by molar-refractivity contribution is 6.38. The molecule has 1 aliphatic carbocycles. The molecule has 2 heterocycles. The Kier molecular flexibility index (Phi) is 7.91.